The number of carbonyl (C=O) groups excluding carboxylic acids is 1. The minimum absolute atomic E-state index is 0.0602. The Kier molecular flexibility index (Phi) is 13.4. The number of nitrogens with one attached hydrogen (secondary N) is 2. The van der Waals surface area contributed by atoms with E-state index >= 15 is 0 Å². The molecule has 2 saturated heterocycles. The Morgan fingerprint density at radius 2 is 1.73 bits per heavy atom. The summed E-state index contributed by atoms with van der Waals surface area (Å²) in [6.45, 7) is 10.1. The van der Waals surface area contributed by atoms with Crippen LogP contribution >= 0.6 is 11.6 Å². The molecule has 0 aromatic heterocycles. The lowest BCUT2D eigenvalue weighted by Gasteiger charge is -2.42. The zero-order valence-corrected chi connectivity index (χ0v) is 27.8. The van der Waals surface area contributed by atoms with E-state index in [-0.39, 0.29) is 29.1 Å². The zero-order valence-electron chi connectivity index (χ0n) is 27.0. The van der Waals surface area contributed by atoms with Crippen LogP contribution in [-0.4, -0.2) is 79.5 Å². The lowest BCUT2D eigenvalue weighted by Crippen LogP contribution is -2.47. The highest BCUT2D eigenvalue weighted by Crippen LogP contribution is 2.42. The predicted molar refractivity (Wildman–Crippen MR) is 180 cm³/mol. The normalized spacial score (nSPS) is 17.9. The fraction of sp³-hybridized carbons (Fsp3) is 0.583. The van der Waals surface area contributed by atoms with E-state index in [1.807, 2.05) is 32.0 Å². The van der Waals surface area contributed by atoms with Crippen LogP contribution in [0.15, 0.2) is 36.4 Å². The zero-order chi connectivity index (χ0) is 32.2. The maximum Gasteiger partial charge on any atom is 0.180 e. The van der Waals surface area contributed by atoms with Crippen molar-refractivity contribution in [2.75, 3.05) is 45.9 Å². The first-order valence-electron chi connectivity index (χ1n) is 16.7. The summed E-state index contributed by atoms with van der Waals surface area (Å²) in [4.78, 5) is 18.6. The molecule has 0 bridgehead atoms. The van der Waals surface area contributed by atoms with Gasteiger partial charge in [-0.2, -0.15) is 0 Å². The number of ether oxygens (including phenoxy) is 2. The molecule has 4 rings (SSSR count). The van der Waals surface area contributed by atoms with Crippen molar-refractivity contribution in [2.24, 2.45) is 0 Å². The number of piperidine rings is 2. The summed E-state index contributed by atoms with van der Waals surface area (Å²) in [5.41, 5.74) is 0.412. The summed E-state index contributed by atoms with van der Waals surface area (Å²) < 4.78 is 26.4. The van der Waals surface area contributed by atoms with Crippen molar-refractivity contribution in [1.29, 1.82) is 10.8 Å². The molecule has 2 aromatic rings. The van der Waals surface area contributed by atoms with Crippen molar-refractivity contribution in [3.05, 3.63) is 58.4 Å². The summed E-state index contributed by atoms with van der Waals surface area (Å²) in [6.07, 6.45) is 9.39. The Morgan fingerprint density at radius 3 is 2.40 bits per heavy atom. The summed E-state index contributed by atoms with van der Waals surface area (Å²) in [5.74, 6) is 0.303. The van der Waals surface area contributed by atoms with Gasteiger partial charge in [-0.25, -0.2) is 4.39 Å². The first-order valence-corrected chi connectivity index (χ1v) is 17.1. The molecule has 246 valence electrons. The van der Waals surface area contributed by atoms with Gasteiger partial charge in [0, 0.05) is 34.9 Å². The van der Waals surface area contributed by atoms with Gasteiger partial charge in [-0.05, 0) is 128 Å². The first-order chi connectivity index (χ1) is 21.8. The summed E-state index contributed by atoms with van der Waals surface area (Å²) in [7, 11) is 0. The summed E-state index contributed by atoms with van der Waals surface area (Å²) in [5, 5.41) is 17.1. The average Bonchev–Trinajstić information content (AvgIpc) is 3.05. The smallest absolute Gasteiger partial charge is 0.180 e. The molecule has 2 fully saturated rings. The lowest BCUT2D eigenvalue weighted by molar-refractivity contribution is -0.112. The largest absolute Gasteiger partial charge is 0.490 e. The lowest BCUT2D eigenvalue weighted by atomic mass is 9.69. The number of hydrogen-bond acceptors (Lipinski definition) is 7. The molecule has 2 heterocycles. The maximum absolute atomic E-state index is 14.6. The van der Waals surface area contributed by atoms with Crippen LogP contribution in [0.3, 0.4) is 0 Å². The van der Waals surface area contributed by atoms with Crippen LogP contribution in [0.5, 0.6) is 11.5 Å². The molecule has 45 heavy (non-hydrogen) atoms. The second kappa shape index (κ2) is 17.2. The molecular weight excluding hydrogens is 591 g/mol. The molecule has 2 aromatic carbocycles. The summed E-state index contributed by atoms with van der Waals surface area (Å²) in [6, 6.07) is 10.9. The maximum atomic E-state index is 14.6. The van der Waals surface area contributed by atoms with Gasteiger partial charge >= 0.3 is 0 Å². The molecule has 0 amide bonds. The molecular formula is C36H50ClFN4O3. The van der Waals surface area contributed by atoms with Crippen LogP contribution in [0.2, 0.25) is 5.02 Å². The Bertz CT molecular complexity index is 1270. The predicted octanol–water partition coefficient (Wildman–Crippen LogP) is 7.51. The molecule has 2 aliphatic rings. The fourth-order valence-electron chi connectivity index (χ4n) is 6.99. The highest BCUT2D eigenvalue weighted by Gasteiger charge is 2.36. The van der Waals surface area contributed by atoms with Crippen molar-refractivity contribution in [3.8, 4) is 11.5 Å². The Morgan fingerprint density at radius 1 is 1.02 bits per heavy atom. The Balaban J connectivity index is 1.59. The van der Waals surface area contributed by atoms with E-state index in [1.165, 1.54) is 50.7 Å². The van der Waals surface area contributed by atoms with Gasteiger partial charge in [-0.3, -0.25) is 4.79 Å². The van der Waals surface area contributed by atoms with Crippen molar-refractivity contribution >= 4 is 29.3 Å². The molecule has 1 atom stereocenters. The van der Waals surface area contributed by atoms with Gasteiger partial charge in [-0.1, -0.05) is 30.2 Å². The molecule has 0 spiro atoms. The molecule has 0 unspecified atom stereocenters. The standard InChI is InChI=1S/C36H50ClFN4O3/c1-3-44-34-13-12-27(24-35(34)45-4-2)36(16-9-18-39,26-32(40)33(43)25-29-30(37)10-8-11-31(29)38)17-23-41-21-14-28(15-22-41)42-19-6-5-7-20-42/h8,10-13,18,24,28,39-40H,3-7,9,14-17,19-23,25-26H2,1-2H3/t36-/m0/s1. The second-order valence-electron chi connectivity index (χ2n) is 12.4. The molecule has 2 aliphatic heterocycles. The molecule has 2 N–H and O–H groups in total. The Labute approximate surface area is 273 Å². The van der Waals surface area contributed by atoms with Gasteiger partial charge in [0.2, 0.25) is 0 Å². The topological polar surface area (TPSA) is 89.7 Å². The molecule has 0 saturated carbocycles. The van der Waals surface area contributed by atoms with Crippen LogP contribution in [0.4, 0.5) is 4.39 Å². The monoisotopic (exact) mass is 640 g/mol. The molecule has 9 heteroatoms. The molecule has 0 radical (unpaired) electrons. The van der Waals surface area contributed by atoms with Crippen LogP contribution in [-0.2, 0) is 16.6 Å². The van der Waals surface area contributed by atoms with Gasteiger partial charge in [0.15, 0.2) is 17.3 Å². The minimum Gasteiger partial charge on any atom is -0.490 e. The second-order valence-corrected chi connectivity index (χ2v) is 12.8. The highest BCUT2D eigenvalue weighted by atomic mass is 35.5. The van der Waals surface area contributed by atoms with Gasteiger partial charge in [-0.15, -0.1) is 0 Å². The van der Waals surface area contributed by atoms with E-state index < -0.39 is 17.0 Å². The third-order valence-electron chi connectivity index (χ3n) is 9.54. The SMILES string of the molecule is CCOc1ccc([C@@](CCC=N)(CCN2CCC(N3CCCCC3)CC2)CC(=N)C(=O)Cc2c(F)cccc2Cl)cc1OCC. The number of halogens is 2. The van der Waals surface area contributed by atoms with Crippen LogP contribution in [0.1, 0.15) is 82.8 Å². The Hall–Kier alpha value is -2.81. The number of Topliss-reactive ketones (excluding diaryl/α,β-unsaturated/α-hetero) is 1. The molecule has 7 nitrogen and oxygen atoms in total. The van der Waals surface area contributed by atoms with E-state index in [0.717, 1.165) is 38.0 Å². The van der Waals surface area contributed by atoms with Crippen molar-refractivity contribution in [2.45, 2.75) is 89.5 Å². The first kappa shape index (κ1) is 35.1. The van der Waals surface area contributed by atoms with Crippen molar-refractivity contribution in [1.82, 2.24) is 9.80 Å². The van der Waals surface area contributed by atoms with Gasteiger partial charge in [0.1, 0.15) is 5.82 Å². The van der Waals surface area contributed by atoms with E-state index in [9.17, 15) is 9.18 Å². The van der Waals surface area contributed by atoms with E-state index in [0.29, 0.717) is 50.0 Å². The number of hydrogen-bond donors (Lipinski definition) is 2. The number of benzene rings is 2. The number of nitrogens with zero attached hydrogens (tertiary/aromatic N) is 2. The van der Waals surface area contributed by atoms with Gasteiger partial charge in [0.25, 0.3) is 0 Å². The van der Waals surface area contributed by atoms with E-state index in [4.69, 9.17) is 31.9 Å². The number of rotatable bonds is 17. The number of likely N-dealkylation sites (tertiary alicyclic amines) is 2. The van der Waals surface area contributed by atoms with Crippen LogP contribution in [0.25, 0.3) is 0 Å². The van der Waals surface area contributed by atoms with E-state index in [2.05, 4.69) is 9.80 Å². The minimum atomic E-state index is -0.608. The van der Waals surface area contributed by atoms with Crippen LogP contribution < -0.4 is 9.47 Å². The summed E-state index contributed by atoms with van der Waals surface area (Å²) >= 11 is 6.24. The number of ketones is 1. The average molecular weight is 641 g/mol. The quantitative estimate of drug-likeness (QED) is 0.175. The third-order valence-corrected chi connectivity index (χ3v) is 9.90. The van der Waals surface area contributed by atoms with Gasteiger partial charge in [0.05, 0.1) is 18.9 Å². The third kappa shape index (κ3) is 9.36. The number of carbonyl (C=O) groups is 1. The highest BCUT2D eigenvalue weighted by molar-refractivity contribution is 6.40. The fourth-order valence-corrected chi connectivity index (χ4v) is 7.22. The van der Waals surface area contributed by atoms with Crippen molar-refractivity contribution < 1.29 is 18.7 Å². The molecule has 0 aliphatic carbocycles. The van der Waals surface area contributed by atoms with Gasteiger partial charge < -0.3 is 30.1 Å². The van der Waals surface area contributed by atoms with Crippen LogP contribution in [0, 0.1) is 16.6 Å². The van der Waals surface area contributed by atoms with Crippen molar-refractivity contribution in [3.63, 3.8) is 0 Å². The van der Waals surface area contributed by atoms with E-state index in [1.54, 1.807) is 6.07 Å².